The van der Waals surface area contributed by atoms with E-state index in [4.69, 9.17) is 0 Å². The van der Waals surface area contributed by atoms with Crippen molar-refractivity contribution >= 4 is 27.6 Å². The van der Waals surface area contributed by atoms with Crippen LogP contribution in [0.5, 0.6) is 0 Å². The molecule has 0 radical (unpaired) electrons. The largest absolute Gasteiger partial charge is 0.334 e. The van der Waals surface area contributed by atoms with Crippen LogP contribution in [0.1, 0.15) is 5.56 Å². The van der Waals surface area contributed by atoms with Crippen molar-refractivity contribution in [1.82, 2.24) is 5.32 Å². The zero-order valence-electron chi connectivity index (χ0n) is 7.17. The molecule has 0 saturated heterocycles. The van der Waals surface area contributed by atoms with Gasteiger partial charge in [-0.15, -0.1) is 0 Å². The van der Waals surface area contributed by atoms with E-state index < -0.39 is 0 Å². The van der Waals surface area contributed by atoms with Gasteiger partial charge in [0.2, 0.25) is 0 Å². The van der Waals surface area contributed by atoms with Crippen molar-refractivity contribution in [3.8, 4) is 0 Å². The Bertz CT molecular complexity index is 365. The summed E-state index contributed by atoms with van der Waals surface area (Å²) in [6.07, 6.45) is 0. The molecule has 0 spiro atoms. The number of amides is 2. The third-order valence-electron chi connectivity index (χ3n) is 2.14. The Balaban J connectivity index is 2.49. The summed E-state index contributed by atoms with van der Waals surface area (Å²) in [5, 5.41) is 2.78. The lowest BCUT2D eigenvalue weighted by Crippen LogP contribution is -2.41. The molecule has 0 aliphatic carbocycles. The van der Waals surface area contributed by atoms with E-state index in [9.17, 15) is 4.79 Å². The first kappa shape index (κ1) is 8.56. The standard InChI is InChI=1S/C9H9BrN2O/c1-12-8-3-2-7(10)4-6(8)5-11-9(12)13/h2-4H,5H2,1H3,(H,11,13). The Morgan fingerprint density at radius 2 is 2.31 bits per heavy atom. The van der Waals surface area contributed by atoms with Gasteiger partial charge in [0.15, 0.2) is 0 Å². The molecule has 2 rings (SSSR count). The highest BCUT2D eigenvalue weighted by atomic mass is 79.9. The zero-order chi connectivity index (χ0) is 9.42. The molecular weight excluding hydrogens is 232 g/mol. The van der Waals surface area contributed by atoms with Crippen LogP contribution in [0, 0.1) is 0 Å². The number of carbonyl (C=O) groups excluding carboxylic acids is 1. The van der Waals surface area contributed by atoms with Crippen molar-refractivity contribution in [2.75, 3.05) is 11.9 Å². The van der Waals surface area contributed by atoms with Crippen LogP contribution in [0.3, 0.4) is 0 Å². The average molecular weight is 241 g/mol. The number of halogens is 1. The van der Waals surface area contributed by atoms with Crippen LogP contribution in [-0.4, -0.2) is 13.1 Å². The van der Waals surface area contributed by atoms with Gasteiger partial charge in [-0.25, -0.2) is 4.79 Å². The summed E-state index contributed by atoms with van der Waals surface area (Å²) in [7, 11) is 1.77. The summed E-state index contributed by atoms with van der Waals surface area (Å²) in [6, 6.07) is 5.85. The highest BCUT2D eigenvalue weighted by Gasteiger charge is 2.19. The van der Waals surface area contributed by atoms with E-state index in [1.54, 1.807) is 11.9 Å². The second-order valence-electron chi connectivity index (χ2n) is 2.99. The van der Waals surface area contributed by atoms with Gasteiger partial charge in [-0.2, -0.15) is 0 Å². The topological polar surface area (TPSA) is 32.3 Å². The van der Waals surface area contributed by atoms with Crippen LogP contribution in [-0.2, 0) is 6.54 Å². The lowest BCUT2D eigenvalue weighted by molar-refractivity contribution is 0.246. The smallest absolute Gasteiger partial charge is 0.321 e. The number of benzene rings is 1. The SMILES string of the molecule is CN1C(=O)NCc2cc(Br)ccc21. The van der Waals surface area contributed by atoms with Gasteiger partial charge >= 0.3 is 6.03 Å². The molecule has 0 unspecified atom stereocenters. The molecule has 0 aromatic heterocycles. The number of nitrogens with one attached hydrogen (secondary N) is 1. The molecule has 1 N–H and O–H groups in total. The monoisotopic (exact) mass is 240 g/mol. The Hall–Kier alpha value is -1.03. The average Bonchev–Trinajstić information content (AvgIpc) is 2.12. The number of hydrogen-bond acceptors (Lipinski definition) is 1. The van der Waals surface area contributed by atoms with Crippen LogP contribution < -0.4 is 10.2 Å². The van der Waals surface area contributed by atoms with E-state index in [0.29, 0.717) is 6.54 Å². The van der Waals surface area contributed by atoms with Crippen LogP contribution in [0.15, 0.2) is 22.7 Å². The Morgan fingerprint density at radius 1 is 1.54 bits per heavy atom. The predicted octanol–water partition coefficient (Wildman–Crippen LogP) is 2.11. The third-order valence-corrected chi connectivity index (χ3v) is 2.63. The number of rotatable bonds is 0. The quantitative estimate of drug-likeness (QED) is 0.741. The van der Waals surface area contributed by atoms with Crippen molar-refractivity contribution in [2.24, 2.45) is 0 Å². The van der Waals surface area contributed by atoms with Gasteiger partial charge in [0.05, 0.1) is 5.69 Å². The molecule has 3 nitrogen and oxygen atoms in total. The van der Waals surface area contributed by atoms with E-state index >= 15 is 0 Å². The first-order valence-electron chi connectivity index (χ1n) is 3.98. The fraction of sp³-hybridized carbons (Fsp3) is 0.222. The molecule has 1 aromatic rings. The first-order chi connectivity index (χ1) is 6.18. The molecule has 4 heteroatoms. The summed E-state index contributed by atoms with van der Waals surface area (Å²) >= 11 is 3.39. The van der Waals surface area contributed by atoms with Crippen molar-refractivity contribution in [3.63, 3.8) is 0 Å². The molecular formula is C9H9BrN2O. The van der Waals surface area contributed by atoms with E-state index in [1.807, 2.05) is 18.2 Å². The number of hydrogen-bond donors (Lipinski definition) is 1. The van der Waals surface area contributed by atoms with Crippen molar-refractivity contribution in [1.29, 1.82) is 0 Å². The van der Waals surface area contributed by atoms with Gasteiger partial charge < -0.3 is 5.32 Å². The number of anilines is 1. The maximum atomic E-state index is 11.2. The van der Waals surface area contributed by atoms with E-state index in [1.165, 1.54) is 0 Å². The molecule has 2 amide bonds. The van der Waals surface area contributed by atoms with Gasteiger partial charge in [0.25, 0.3) is 0 Å². The van der Waals surface area contributed by atoms with Crippen LogP contribution in [0.2, 0.25) is 0 Å². The van der Waals surface area contributed by atoms with Gasteiger partial charge in [-0.05, 0) is 23.8 Å². The molecule has 0 fully saturated rings. The van der Waals surface area contributed by atoms with Crippen molar-refractivity contribution in [2.45, 2.75) is 6.54 Å². The van der Waals surface area contributed by atoms with Crippen LogP contribution in [0.25, 0.3) is 0 Å². The van der Waals surface area contributed by atoms with Gasteiger partial charge in [-0.3, -0.25) is 4.90 Å². The molecule has 0 atom stereocenters. The van der Waals surface area contributed by atoms with E-state index in [-0.39, 0.29) is 6.03 Å². The molecule has 1 aromatic carbocycles. The number of urea groups is 1. The Labute approximate surface area is 84.9 Å². The minimum atomic E-state index is -0.0465. The summed E-state index contributed by atoms with van der Waals surface area (Å²) < 4.78 is 1.04. The van der Waals surface area contributed by atoms with Gasteiger partial charge in [0.1, 0.15) is 0 Å². The summed E-state index contributed by atoms with van der Waals surface area (Å²) in [5.41, 5.74) is 2.11. The summed E-state index contributed by atoms with van der Waals surface area (Å²) in [6.45, 7) is 0.609. The fourth-order valence-corrected chi connectivity index (χ4v) is 1.83. The molecule has 1 heterocycles. The van der Waals surface area contributed by atoms with Gasteiger partial charge in [-0.1, -0.05) is 15.9 Å². The summed E-state index contributed by atoms with van der Waals surface area (Å²) in [5.74, 6) is 0. The second-order valence-corrected chi connectivity index (χ2v) is 3.91. The molecule has 0 bridgehead atoms. The molecule has 1 aliphatic heterocycles. The molecule has 1 aliphatic rings. The highest BCUT2D eigenvalue weighted by Crippen LogP contribution is 2.26. The number of fused-ring (bicyclic) bond motifs is 1. The molecule has 68 valence electrons. The highest BCUT2D eigenvalue weighted by molar-refractivity contribution is 9.10. The second kappa shape index (κ2) is 3.03. The number of nitrogens with zero attached hydrogens (tertiary/aromatic N) is 1. The minimum absolute atomic E-state index is 0.0465. The molecule has 0 saturated carbocycles. The third kappa shape index (κ3) is 1.42. The number of carbonyl (C=O) groups is 1. The van der Waals surface area contributed by atoms with Crippen LogP contribution >= 0.6 is 15.9 Å². The fourth-order valence-electron chi connectivity index (χ4n) is 1.42. The van der Waals surface area contributed by atoms with Crippen LogP contribution in [0.4, 0.5) is 10.5 Å². The lowest BCUT2D eigenvalue weighted by Gasteiger charge is -2.26. The normalized spacial score (nSPS) is 15.2. The molecule has 13 heavy (non-hydrogen) atoms. The maximum Gasteiger partial charge on any atom is 0.321 e. The Morgan fingerprint density at radius 3 is 3.08 bits per heavy atom. The van der Waals surface area contributed by atoms with Gasteiger partial charge in [0, 0.05) is 18.1 Å². The lowest BCUT2D eigenvalue weighted by atomic mass is 10.1. The van der Waals surface area contributed by atoms with E-state index in [0.717, 1.165) is 15.7 Å². The zero-order valence-corrected chi connectivity index (χ0v) is 8.76. The first-order valence-corrected chi connectivity index (χ1v) is 4.78. The van der Waals surface area contributed by atoms with E-state index in [2.05, 4.69) is 21.2 Å². The maximum absolute atomic E-state index is 11.2. The Kier molecular flexibility index (Phi) is 2.00. The van der Waals surface area contributed by atoms with Crippen molar-refractivity contribution in [3.05, 3.63) is 28.2 Å². The predicted molar refractivity (Wildman–Crippen MR) is 54.8 cm³/mol. The minimum Gasteiger partial charge on any atom is -0.334 e. The summed E-state index contributed by atoms with van der Waals surface area (Å²) in [4.78, 5) is 12.9. The van der Waals surface area contributed by atoms with Crippen molar-refractivity contribution < 1.29 is 4.79 Å².